The van der Waals surface area contributed by atoms with E-state index < -0.39 is 0 Å². The normalized spacial score (nSPS) is 32.6. The second-order valence-corrected chi connectivity index (χ2v) is 10.3. The summed E-state index contributed by atoms with van der Waals surface area (Å²) in [5.74, 6) is 4.42. The van der Waals surface area contributed by atoms with Crippen LogP contribution in [0.1, 0.15) is 45.6 Å². The fraction of sp³-hybridized carbons (Fsp3) is 0.464. The molecular formula is C28H31NO. The van der Waals surface area contributed by atoms with Gasteiger partial charge in [-0.15, -0.1) is 0 Å². The number of hydrogen-bond acceptors (Lipinski definition) is 2. The standard InChI is InChI=1S/C28H31NO/c1-15(2)24-19-10-5-6-11-20(19)27(24)26-17(4)14-22-25(26)16(3)13-21-18-9-7-8-12-23(18)30-28(21)29-22/h5,7-10,12,15-16,24-27H,4,6,11,13-14H2,1-3H3/t16?,24-,25?,26?,27?/m1/s1. The summed E-state index contributed by atoms with van der Waals surface area (Å²) in [7, 11) is 0. The molecule has 154 valence electrons. The summed E-state index contributed by atoms with van der Waals surface area (Å²) in [6.07, 6.45) is 9.21. The van der Waals surface area contributed by atoms with Crippen molar-refractivity contribution in [2.24, 2.45) is 40.5 Å². The zero-order valence-corrected chi connectivity index (χ0v) is 18.3. The van der Waals surface area contributed by atoms with Gasteiger partial charge in [-0.1, -0.05) is 68.8 Å². The number of nitrogens with zero attached hydrogens (tertiary/aromatic N) is 1. The summed E-state index contributed by atoms with van der Waals surface area (Å²) in [5, 5.41) is 1.24. The SMILES string of the molecule is C=C1CC2=Nc3oc4ccccc4c3CC(C)C2C1C1C2=C(C=CCC2)[C@H]1C(C)C. The molecule has 1 aromatic carbocycles. The average Bonchev–Trinajstić information content (AvgIpc) is 3.16. The lowest BCUT2D eigenvalue weighted by atomic mass is 9.54. The highest BCUT2D eigenvalue weighted by Gasteiger charge is 2.53. The Labute approximate surface area is 179 Å². The van der Waals surface area contributed by atoms with Gasteiger partial charge in [0, 0.05) is 29.0 Å². The molecule has 0 bridgehead atoms. The molecule has 1 aromatic heterocycles. The molecular weight excluding hydrogens is 366 g/mol. The van der Waals surface area contributed by atoms with Gasteiger partial charge >= 0.3 is 0 Å². The first-order chi connectivity index (χ1) is 14.5. The summed E-state index contributed by atoms with van der Waals surface area (Å²) in [4.78, 5) is 5.16. The lowest BCUT2D eigenvalue weighted by Gasteiger charge is -2.50. The van der Waals surface area contributed by atoms with Crippen LogP contribution in [0.3, 0.4) is 0 Å². The Bertz CT molecular complexity index is 1140. The van der Waals surface area contributed by atoms with Gasteiger partial charge in [0.1, 0.15) is 5.58 Å². The number of rotatable bonds is 2. The smallest absolute Gasteiger partial charge is 0.223 e. The van der Waals surface area contributed by atoms with E-state index in [9.17, 15) is 0 Å². The zero-order chi connectivity index (χ0) is 20.6. The van der Waals surface area contributed by atoms with E-state index in [1.807, 2.05) is 6.07 Å². The highest BCUT2D eigenvalue weighted by molar-refractivity contribution is 5.97. The summed E-state index contributed by atoms with van der Waals surface area (Å²) in [6, 6.07) is 8.41. The van der Waals surface area contributed by atoms with Crippen molar-refractivity contribution in [3.05, 3.63) is 65.3 Å². The highest BCUT2D eigenvalue weighted by atomic mass is 16.3. The van der Waals surface area contributed by atoms with Crippen molar-refractivity contribution >= 4 is 22.6 Å². The predicted molar refractivity (Wildman–Crippen MR) is 124 cm³/mol. The molecule has 5 atom stereocenters. The summed E-state index contributed by atoms with van der Waals surface area (Å²) in [6.45, 7) is 11.8. The van der Waals surface area contributed by atoms with E-state index >= 15 is 0 Å². The van der Waals surface area contributed by atoms with E-state index in [-0.39, 0.29) is 0 Å². The third-order valence-corrected chi connectivity index (χ3v) is 8.21. The minimum absolute atomic E-state index is 0.491. The maximum atomic E-state index is 6.21. The van der Waals surface area contributed by atoms with Gasteiger partial charge in [0.05, 0.1) is 0 Å². The van der Waals surface area contributed by atoms with Crippen molar-refractivity contribution in [3.8, 4) is 0 Å². The molecule has 1 fully saturated rings. The van der Waals surface area contributed by atoms with Gasteiger partial charge < -0.3 is 4.42 Å². The zero-order valence-electron chi connectivity index (χ0n) is 18.3. The van der Waals surface area contributed by atoms with Gasteiger partial charge in [0.15, 0.2) is 0 Å². The third kappa shape index (κ3) is 2.46. The van der Waals surface area contributed by atoms with Gasteiger partial charge in [0.25, 0.3) is 0 Å². The van der Waals surface area contributed by atoms with Gasteiger partial charge in [-0.3, -0.25) is 0 Å². The fourth-order valence-corrected chi connectivity index (χ4v) is 7.07. The molecule has 0 spiro atoms. The third-order valence-electron chi connectivity index (χ3n) is 8.21. The number of benzene rings is 1. The van der Waals surface area contributed by atoms with Crippen LogP contribution in [0.4, 0.5) is 5.88 Å². The van der Waals surface area contributed by atoms with E-state index in [1.54, 1.807) is 11.1 Å². The van der Waals surface area contributed by atoms with Crippen molar-refractivity contribution in [2.45, 2.75) is 46.5 Å². The fourth-order valence-electron chi connectivity index (χ4n) is 7.07. The Morgan fingerprint density at radius 3 is 2.80 bits per heavy atom. The van der Waals surface area contributed by atoms with Crippen LogP contribution in [0, 0.1) is 35.5 Å². The van der Waals surface area contributed by atoms with Gasteiger partial charge in [-0.05, 0) is 60.5 Å². The maximum absolute atomic E-state index is 6.21. The second-order valence-electron chi connectivity index (χ2n) is 10.3. The first kappa shape index (κ1) is 18.4. The van der Waals surface area contributed by atoms with Crippen molar-refractivity contribution in [1.82, 2.24) is 0 Å². The van der Waals surface area contributed by atoms with Crippen LogP contribution < -0.4 is 0 Å². The number of para-hydroxylation sites is 1. The van der Waals surface area contributed by atoms with Crippen molar-refractivity contribution in [3.63, 3.8) is 0 Å². The van der Waals surface area contributed by atoms with Crippen LogP contribution in [-0.4, -0.2) is 5.71 Å². The molecule has 1 saturated carbocycles. The number of fused-ring (bicyclic) bond motifs is 4. The molecule has 4 aliphatic rings. The minimum Gasteiger partial charge on any atom is -0.438 e. The molecule has 2 aromatic rings. The van der Waals surface area contributed by atoms with E-state index in [1.165, 1.54) is 35.1 Å². The molecule has 0 radical (unpaired) electrons. The average molecular weight is 398 g/mol. The Morgan fingerprint density at radius 1 is 1.13 bits per heavy atom. The van der Waals surface area contributed by atoms with E-state index in [4.69, 9.17) is 9.41 Å². The number of hydrogen-bond donors (Lipinski definition) is 0. The Kier molecular flexibility index (Phi) is 4.04. The van der Waals surface area contributed by atoms with E-state index in [0.717, 1.165) is 24.3 Å². The number of allylic oxidation sites excluding steroid dienone is 5. The van der Waals surface area contributed by atoms with Crippen LogP contribution >= 0.6 is 0 Å². The van der Waals surface area contributed by atoms with Gasteiger partial charge in [0.2, 0.25) is 5.88 Å². The van der Waals surface area contributed by atoms with Crippen LogP contribution in [0.15, 0.2) is 69.1 Å². The minimum atomic E-state index is 0.491. The summed E-state index contributed by atoms with van der Waals surface area (Å²) in [5.41, 5.74) is 8.35. The predicted octanol–water partition coefficient (Wildman–Crippen LogP) is 7.44. The van der Waals surface area contributed by atoms with Crippen molar-refractivity contribution < 1.29 is 4.42 Å². The van der Waals surface area contributed by atoms with Crippen LogP contribution in [0.2, 0.25) is 0 Å². The van der Waals surface area contributed by atoms with Crippen LogP contribution in [0.5, 0.6) is 0 Å². The highest BCUT2D eigenvalue weighted by Crippen LogP contribution is 2.59. The first-order valence-electron chi connectivity index (χ1n) is 11.7. The Balaban J connectivity index is 1.43. The lowest BCUT2D eigenvalue weighted by molar-refractivity contribution is 0.178. The quantitative estimate of drug-likeness (QED) is 0.483. The lowest BCUT2D eigenvalue weighted by Crippen LogP contribution is -2.43. The molecule has 2 heteroatoms. The number of furan rings is 1. The van der Waals surface area contributed by atoms with Gasteiger partial charge in [-0.25, -0.2) is 4.99 Å². The Hall–Kier alpha value is -2.35. The van der Waals surface area contributed by atoms with E-state index in [2.05, 4.69) is 57.7 Å². The molecule has 30 heavy (non-hydrogen) atoms. The monoisotopic (exact) mass is 397 g/mol. The molecule has 2 nitrogen and oxygen atoms in total. The molecule has 0 N–H and O–H groups in total. The molecule has 6 rings (SSSR count). The second kappa shape index (κ2) is 6.57. The topological polar surface area (TPSA) is 25.5 Å². The number of aliphatic imine (C=N–C) groups is 1. The first-order valence-corrected chi connectivity index (χ1v) is 11.7. The molecule has 0 saturated heterocycles. The molecule has 4 unspecified atom stereocenters. The Morgan fingerprint density at radius 2 is 1.97 bits per heavy atom. The summed E-state index contributed by atoms with van der Waals surface area (Å²) < 4.78 is 6.21. The van der Waals surface area contributed by atoms with Gasteiger partial charge in [-0.2, -0.15) is 0 Å². The van der Waals surface area contributed by atoms with E-state index in [0.29, 0.717) is 35.5 Å². The molecule has 0 amide bonds. The van der Waals surface area contributed by atoms with Crippen molar-refractivity contribution in [1.29, 1.82) is 0 Å². The van der Waals surface area contributed by atoms with Crippen molar-refractivity contribution in [2.75, 3.05) is 0 Å². The maximum Gasteiger partial charge on any atom is 0.223 e. The largest absolute Gasteiger partial charge is 0.438 e. The molecule has 1 aliphatic heterocycles. The summed E-state index contributed by atoms with van der Waals surface area (Å²) >= 11 is 0. The van der Waals surface area contributed by atoms with Crippen LogP contribution in [0.25, 0.3) is 11.0 Å². The van der Waals surface area contributed by atoms with Crippen LogP contribution in [-0.2, 0) is 6.42 Å². The molecule has 2 heterocycles. The molecule has 3 aliphatic carbocycles.